The molecule has 18 atom stereocenters. The molecular formula is C77H141O24P. The number of ether oxygens (including phenoxy) is 7. The summed E-state index contributed by atoms with van der Waals surface area (Å²) in [6.45, 7) is 3.45. The summed E-state index contributed by atoms with van der Waals surface area (Å²) in [5.74, 6) is -1.99. The monoisotopic (exact) mass is 1480 g/mol. The second-order valence-corrected chi connectivity index (χ2v) is 30.2. The van der Waals surface area contributed by atoms with Crippen molar-refractivity contribution in [1.29, 1.82) is 0 Å². The predicted octanol–water partition coefficient (Wildman–Crippen LogP) is 12.1. The smallest absolute Gasteiger partial charge is 0.463 e. The molecule has 0 spiro atoms. The van der Waals surface area contributed by atoms with E-state index < -0.39 is 156 Å². The van der Waals surface area contributed by atoms with Crippen LogP contribution in [0.25, 0.3) is 0 Å². The molecule has 2 saturated heterocycles. The fraction of sp³-hybridized carbons (Fsp3) is 0.909. The number of aliphatic hydroxyl groups is 10. The van der Waals surface area contributed by atoms with Crippen LogP contribution in [0.15, 0.2) is 24.3 Å². The van der Waals surface area contributed by atoms with Crippen molar-refractivity contribution in [3.63, 3.8) is 0 Å². The zero-order valence-corrected chi connectivity index (χ0v) is 63.5. The number of rotatable bonds is 63. The largest absolute Gasteiger partial charge is 0.472 e. The van der Waals surface area contributed by atoms with E-state index in [9.17, 15) is 74.9 Å². The number of phosphoric ester groups is 1. The van der Waals surface area contributed by atoms with Gasteiger partial charge in [-0.3, -0.25) is 23.4 Å². The lowest BCUT2D eigenvalue weighted by Crippen LogP contribution is -2.69. The van der Waals surface area contributed by atoms with Gasteiger partial charge in [-0.2, -0.15) is 0 Å². The molecule has 0 aromatic heterocycles. The van der Waals surface area contributed by atoms with Crippen LogP contribution in [0.3, 0.4) is 0 Å². The van der Waals surface area contributed by atoms with Gasteiger partial charge in [-0.05, 0) is 70.6 Å². The molecule has 3 aliphatic rings. The number of hydrogen-bond acceptors (Lipinski definition) is 23. The Morgan fingerprint density at radius 1 is 0.373 bits per heavy atom. The molecule has 0 radical (unpaired) electrons. The second-order valence-electron chi connectivity index (χ2n) is 28.8. The van der Waals surface area contributed by atoms with Gasteiger partial charge in [0.2, 0.25) is 0 Å². The van der Waals surface area contributed by atoms with E-state index >= 15 is 0 Å². The van der Waals surface area contributed by atoms with E-state index in [1.165, 1.54) is 128 Å². The Labute approximate surface area is 611 Å². The summed E-state index contributed by atoms with van der Waals surface area (Å²) in [4.78, 5) is 51.1. The molecule has 598 valence electrons. The van der Waals surface area contributed by atoms with Gasteiger partial charge in [-0.25, -0.2) is 4.57 Å². The van der Waals surface area contributed by atoms with Crippen molar-refractivity contribution >= 4 is 25.7 Å². The van der Waals surface area contributed by atoms with E-state index in [0.717, 1.165) is 128 Å². The highest BCUT2D eigenvalue weighted by Gasteiger charge is 2.58. The van der Waals surface area contributed by atoms with Crippen LogP contribution in [-0.4, -0.2) is 204 Å². The van der Waals surface area contributed by atoms with Crippen molar-refractivity contribution < 1.29 is 117 Å². The highest BCUT2D eigenvalue weighted by molar-refractivity contribution is 7.47. The summed E-state index contributed by atoms with van der Waals surface area (Å²) >= 11 is 0. The van der Waals surface area contributed by atoms with Crippen molar-refractivity contribution in [3.8, 4) is 0 Å². The Morgan fingerprint density at radius 2 is 0.686 bits per heavy atom. The van der Waals surface area contributed by atoms with Crippen molar-refractivity contribution in [2.75, 3.05) is 26.4 Å². The van der Waals surface area contributed by atoms with Crippen LogP contribution < -0.4 is 0 Å². The Hall–Kier alpha value is -2.56. The first-order valence-corrected chi connectivity index (χ1v) is 41.6. The first-order chi connectivity index (χ1) is 49.3. The zero-order chi connectivity index (χ0) is 74.6. The molecular weight excluding hydrogens is 1340 g/mol. The quantitative estimate of drug-likeness (QED) is 0.00886. The number of unbranched alkanes of at least 4 members (excludes halogenated alkanes) is 38. The van der Waals surface area contributed by atoms with E-state index in [1.54, 1.807) is 0 Å². The zero-order valence-electron chi connectivity index (χ0n) is 62.7. The molecule has 2 aliphatic heterocycles. The molecule has 18 unspecified atom stereocenters. The number of esters is 3. The van der Waals surface area contributed by atoms with Gasteiger partial charge in [0.15, 0.2) is 18.7 Å². The lowest BCUT2D eigenvalue weighted by Gasteiger charge is -2.49. The minimum absolute atomic E-state index is 0.0236. The number of phosphoric acid groups is 1. The summed E-state index contributed by atoms with van der Waals surface area (Å²) in [6, 6.07) is 0. The maximum atomic E-state index is 14.4. The molecule has 1 aliphatic carbocycles. The Morgan fingerprint density at radius 3 is 1.07 bits per heavy atom. The maximum absolute atomic E-state index is 14.4. The van der Waals surface area contributed by atoms with Crippen LogP contribution in [0.5, 0.6) is 0 Å². The van der Waals surface area contributed by atoms with Gasteiger partial charge in [0.25, 0.3) is 0 Å². The highest BCUT2D eigenvalue weighted by atomic mass is 31.2. The minimum atomic E-state index is -5.70. The molecule has 0 bridgehead atoms. The van der Waals surface area contributed by atoms with E-state index in [0.29, 0.717) is 19.3 Å². The van der Waals surface area contributed by atoms with Gasteiger partial charge < -0.3 is 89.1 Å². The highest BCUT2D eigenvalue weighted by Crippen LogP contribution is 2.49. The third-order valence-electron chi connectivity index (χ3n) is 19.7. The summed E-state index contributed by atoms with van der Waals surface area (Å²) in [5.41, 5.74) is 0. The molecule has 24 nitrogen and oxygen atoms in total. The predicted molar refractivity (Wildman–Crippen MR) is 388 cm³/mol. The van der Waals surface area contributed by atoms with Crippen LogP contribution in [0.2, 0.25) is 0 Å². The standard InChI is InChI=1S/C77H141O24P/c1-4-7-10-13-16-19-22-25-28-29-32-34-36-39-42-45-48-51-61(79)93-55-58(96-63(81)53-50-47-44-41-38-35-31-27-24-21-18-15-12-9-6-3)56-95-102(91,92)101-75-73(99-76-71(89)66(84)64(82)59(54-78)97-76)69(87)68(86)70(88)74(75)100-77-72(90)67(85)65(83)60(98-77)57-94-62(80)52-49-46-43-40-37-33-30-26-23-20-17-14-11-8-5-2/h20-21,23-24,58-60,64-78,82-90H,4-19,22,25-57H2,1-3H3,(H,91,92)/b23-20-,24-21-. The lowest BCUT2D eigenvalue weighted by atomic mass is 9.84. The Kier molecular flexibility index (Phi) is 53.7. The number of carbonyl (C=O) groups is 3. The SMILES string of the molecule is CCCCCC/C=C\CCCCCCCCCC(=O)OCC1OC(OC2C(O)C(O)C(O)C(OC3OC(CO)C(O)C(O)C3O)C2OP(=O)(O)OCC(COC(=O)CCCCCCCCCCCCCCCCCCC)OC(=O)CCCCCCCCC/C=C\CCCCCC)C(O)C(O)C1O. The van der Waals surface area contributed by atoms with E-state index in [1.807, 2.05) is 0 Å². The topological polar surface area (TPSA) is 374 Å². The van der Waals surface area contributed by atoms with Crippen LogP contribution in [0.4, 0.5) is 0 Å². The molecule has 0 aromatic rings. The molecule has 102 heavy (non-hydrogen) atoms. The van der Waals surface area contributed by atoms with Crippen molar-refractivity contribution in [2.45, 2.75) is 420 Å². The van der Waals surface area contributed by atoms with Crippen LogP contribution in [-0.2, 0) is 61.2 Å². The van der Waals surface area contributed by atoms with Gasteiger partial charge in [-0.15, -0.1) is 0 Å². The fourth-order valence-corrected chi connectivity index (χ4v) is 14.1. The van der Waals surface area contributed by atoms with Crippen molar-refractivity contribution in [3.05, 3.63) is 24.3 Å². The van der Waals surface area contributed by atoms with Crippen molar-refractivity contribution in [2.24, 2.45) is 0 Å². The van der Waals surface area contributed by atoms with Gasteiger partial charge in [0.05, 0.1) is 13.2 Å². The third-order valence-corrected chi connectivity index (χ3v) is 20.7. The van der Waals surface area contributed by atoms with Crippen LogP contribution >= 0.6 is 7.82 Å². The number of hydrogen-bond donors (Lipinski definition) is 11. The summed E-state index contributed by atoms with van der Waals surface area (Å²) < 4.78 is 65.2. The van der Waals surface area contributed by atoms with Gasteiger partial charge >= 0.3 is 25.7 Å². The summed E-state index contributed by atoms with van der Waals surface area (Å²) in [6.07, 6.45) is 20.7. The van der Waals surface area contributed by atoms with E-state index in [2.05, 4.69) is 45.1 Å². The first kappa shape index (κ1) is 93.6. The second kappa shape index (κ2) is 58.5. The third kappa shape index (κ3) is 40.6. The molecule has 3 rings (SSSR count). The van der Waals surface area contributed by atoms with Crippen LogP contribution in [0, 0.1) is 0 Å². The molecule has 1 saturated carbocycles. The molecule has 0 amide bonds. The molecule has 3 fully saturated rings. The lowest BCUT2D eigenvalue weighted by molar-refractivity contribution is -0.360. The van der Waals surface area contributed by atoms with E-state index in [4.69, 9.17) is 42.2 Å². The molecule has 25 heteroatoms. The average molecular weight is 1480 g/mol. The van der Waals surface area contributed by atoms with Gasteiger partial charge in [0.1, 0.15) is 98.7 Å². The van der Waals surface area contributed by atoms with Crippen LogP contribution in [0.1, 0.15) is 316 Å². The van der Waals surface area contributed by atoms with Gasteiger partial charge in [-0.1, -0.05) is 251 Å². The number of aliphatic hydroxyl groups excluding tert-OH is 10. The Balaban J connectivity index is 1.71. The fourth-order valence-electron chi connectivity index (χ4n) is 13.2. The minimum Gasteiger partial charge on any atom is -0.463 e. The molecule has 0 aromatic carbocycles. The number of carbonyl (C=O) groups excluding carboxylic acids is 3. The van der Waals surface area contributed by atoms with Crippen molar-refractivity contribution in [1.82, 2.24) is 0 Å². The molecule has 11 N–H and O–H groups in total. The maximum Gasteiger partial charge on any atom is 0.472 e. The number of allylic oxidation sites excluding steroid dienone is 4. The van der Waals surface area contributed by atoms with E-state index in [-0.39, 0.29) is 19.3 Å². The summed E-state index contributed by atoms with van der Waals surface area (Å²) in [5, 5.41) is 110. The van der Waals surface area contributed by atoms with Gasteiger partial charge in [0, 0.05) is 19.3 Å². The average Bonchev–Trinajstić information content (AvgIpc) is 0.761. The summed E-state index contributed by atoms with van der Waals surface area (Å²) in [7, 11) is -5.70. The Bertz CT molecular complexity index is 2190. The first-order valence-electron chi connectivity index (χ1n) is 40.1. The molecule has 2 heterocycles. The normalized spacial score (nSPS) is 27.1.